The van der Waals surface area contributed by atoms with Crippen LogP contribution in [0.25, 0.3) is 5.57 Å². The molecule has 0 bridgehead atoms. The molecular weight excluding hydrogens is 408 g/mol. The second-order valence-corrected chi connectivity index (χ2v) is 6.69. The maximum Gasteiger partial charge on any atom is 0.417 e. The number of anilines is 1. The lowest BCUT2D eigenvalue weighted by Crippen LogP contribution is -2.28. The molecule has 1 aromatic carbocycles. The predicted octanol–water partition coefficient (Wildman–Crippen LogP) is 5.56. The van der Waals surface area contributed by atoms with Gasteiger partial charge in [0.2, 0.25) is 0 Å². The lowest BCUT2D eigenvalue weighted by molar-refractivity contribution is -0.138. The van der Waals surface area contributed by atoms with Crippen molar-refractivity contribution < 1.29 is 45.4 Å². The predicted molar refractivity (Wildman–Crippen MR) is 92.0 cm³/mol. The summed E-state index contributed by atoms with van der Waals surface area (Å²) in [5.41, 5.74) is -5.82. The van der Waals surface area contributed by atoms with E-state index >= 15 is 0 Å². The molecule has 5 nitrogen and oxygen atoms in total. The largest absolute Gasteiger partial charge is 0.463 e. The second kappa shape index (κ2) is 8.75. The van der Waals surface area contributed by atoms with Crippen molar-refractivity contribution >= 4 is 23.3 Å². The minimum absolute atomic E-state index is 0.0270. The average Bonchev–Trinajstić information content (AvgIpc) is 2.49. The van der Waals surface area contributed by atoms with Gasteiger partial charge in [-0.15, -0.1) is 0 Å². The standard InChI is InChI=1S/C18H19F6NO4/c1-5-28-14(26)9-12(18(22,23)24)11-8-10(17(19,20)21)6-7-13(11)25-15(27)29-16(2,3)4/h6-9H,5H2,1-4H3,(H,25,27)/b12-9+. The highest BCUT2D eigenvalue weighted by atomic mass is 19.4. The molecule has 0 heterocycles. The van der Waals surface area contributed by atoms with Crippen molar-refractivity contribution in [2.24, 2.45) is 0 Å². The lowest BCUT2D eigenvalue weighted by atomic mass is 9.99. The van der Waals surface area contributed by atoms with Gasteiger partial charge in [-0.3, -0.25) is 5.32 Å². The molecule has 1 N–H and O–H groups in total. The number of amides is 1. The van der Waals surface area contributed by atoms with Gasteiger partial charge in [0.1, 0.15) is 5.60 Å². The summed E-state index contributed by atoms with van der Waals surface area (Å²) in [7, 11) is 0. The Hall–Kier alpha value is -2.72. The van der Waals surface area contributed by atoms with Crippen molar-refractivity contribution in [1.29, 1.82) is 0 Å². The van der Waals surface area contributed by atoms with E-state index in [2.05, 4.69) is 4.74 Å². The van der Waals surface area contributed by atoms with Crippen LogP contribution in [-0.2, 0) is 20.4 Å². The minimum Gasteiger partial charge on any atom is -0.463 e. The number of carbonyl (C=O) groups excluding carboxylic acids is 2. The van der Waals surface area contributed by atoms with E-state index in [0.717, 1.165) is 0 Å². The highest BCUT2D eigenvalue weighted by Gasteiger charge is 2.39. The number of allylic oxidation sites excluding steroid dienone is 1. The minimum atomic E-state index is -5.22. The lowest BCUT2D eigenvalue weighted by Gasteiger charge is -2.22. The maximum atomic E-state index is 13.5. The van der Waals surface area contributed by atoms with Crippen LogP contribution in [0.1, 0.15) is 38.8 Å². The molecule has 0 fully saturated rings. The molecule has 11 heteroatoms. The van der Waals surface area contributed by atoms with E-state index < -0.39 is 52.4 Å². The van der Waals surface area contributed by atoms with E-state index in [1.54, 1.807) is 0 Å². The Balaban J connectivity index is 3.58. The number of alkyl halides is 6. The van der Waals surface area contributed by atoms with E-state index in [4.69, 9.17) is 4.74 Å². The Bertz CT molecular complexity index is 791. The third-order valence-electron chi connectivity index (χ3n) is 3.13. The van der Waals surface area contributed by atoms with Gasteiger partial charge < -0.3 is 9.47 Å². The van der Waals surface area contributed by atoms with Crippen molar-refractivity contribution in [3.8, 4) is 0 Å². The van der Waals surface area contributed by atoms with Crippen LogP contribution < -0.4 is 5.32 Å². The number of benzene rings is 1. The van der Waals surface area contributed by atoms with E-state index in [0.29, 0.717) is 12.1 Å². The molecule has 0 saturated carbocycles. The number of halogens is 6. The monoisotopic (exact) mass is 427 g/mol. The summed E-state index contributed by atoms with van der Waals surface area (Å²) in [6.45, 7) is 5.57. The summed E-state index contributed by atoms with van der Waals surface area (Å²) in [5.74, 6) is -1.40. The highest BCUT2D eigenvalue weighted by molar-refractivity contribution is 5.97. The van der Waals surface area contributed by atoms with Crippen LogP contribution in [-0.4, -0.2) is 30.4 Å². The number of esters is 1. The Morgan fingerprint density at radius 1 is 1.07 bits per heavy atom. The second-order valence-electron chi connectivity index (χ2n) is 6.69. The number of hydrogen-bond donors (Lipinski definition) is 1. The molecular formula is C18H19F6NO4. The van der Waals surface area contributed by atoms with Gasteiger partial charge in [0, 0.05) is 11.6 Å². The summed E-state index contributed by atoms with van der Waals surface area (Å²) < 4.78 is 89.0. The zero-order chi connectivity index (χ0) is 22.6. The van der Waals surface area contributed by atoms with Gasteiger partial charge in [-0.05, 0) is 45.9 Å². The van der Waals surface area contributed by atoms with Gasteiger partial charge in [0.15, 0.2) is 0 Å². The van der Waals surface area contributed by atoms with Crippen molar-refractivity contribution in [2.75, 3.05) is 11.9 Å². The molecule has 0 aliphatic rings. The third-order valence-corrected chi connectivity index (χ3v) is 3.13. The van der Waals surface area contributed by atoms with E-state index in [9.17, 15) is 35.9 Å². The van der Waals surface area contributed by atoms with Crippen molar-refractivity contribution in [3.05, 3.63) is 35.4 Å². The number of nitrogens with one attached hydrogen (secondary N) is 1. The van der Waals surface area contributed by atoms with Gasteiger partial charge in [-0.1, -0.05) is 0 Å². The summed E-state index contributed by atoms with van der Waals surface area (Å²) in [6.07, 6.45) is -11.3. The van der Waals surface area contributed by atoms with Crippen LogP contribution in [0.2, 0.25) is 0 Å². The van der Waals surface area contributed by atoms with Crippen LogP contribution >= 0.6 is 0 Å². The van der Waals surface area contributed by atoms with Crippen molar-refractivity contribution in [2.45, 2.75) is 45.6 Å². The molecule has 1 amide bonds. The number of ether oxygens (including phenoxy) is 2. The highest BCUT2D eigenvalue weighted by Crippen LogP contribution is 2.40. The van der Waals surface area contributed by atoms with Crippen molar-refractivity contribution in [1.82, 2.24) is 0 Å². The molecule has 0 radical (unpaired) electrons. The molecule has 0 spiro atoms. The third kappa shape index (κ3) is 7.66. The summed E-state index contributed by atoms with van der Waals surface area (Å²) >= 11 is 0. The number of carbonyl (C=O) groups is 2. The van der Waals surface area contributed by atoms with Crippen LogP contribution in [0.15, 0.2) is 24.3 Å². The molecule has 0 aliphatic carbocycles. The molecule has 0 atom stereocenters. The molecule has 1 aromatic rings. The zero-order valence-electron chi connectivity index (χ0n) is 15.9. The van der Waals surface area contributed by atoms with Gasteiger partial charge in [-0.2, -0.15) is 26.3 Å². The fourth-order valence-electron chi connectivity index (χ4n) is 2.08. The van der Waals surface area contributed by atoms with Gasteiger partial charge in [0.25, 0.3) is 0 Å². The Morgan fingerprint density at radius 3 is 2.10 bits per heavy atom. The zero-order valence-corrected chi connectivity index (χ0v) is 15.9. The molecule has 162 valence electrons. The Labute approximate surface area is 162 Å². The summed E-state index contributed by atoms with van der Waals surface area (Å²) in [5, 5.41) is 1.98. The average molecular weight is 427 g/mol. The number of hydrogen-bond acceptors (Lipinski definition) is 4. The first-order chi connectivity index (χ1) is 13.0. The van der Waals surface area contributed by atoms with Gasteiger partial charge in [0.05, 0.1) is 23.4 Å². The topological polar surface area (TPSA) is 64.6 Å². The SMILES string of the molecule is CCOC(=O)/C=C(\c1cc(C(F)(F)F)ccc1NC(=O)OC(C)(C)C)C(F)(F)F. The molecule has 1 rings (SSSR count). The van der Waals surface area contributed by atoms with Crippen LogP contribution in [0.4, 0.5) is 36.8 Å². The van der Waals surface area contributed by atoms with Crippen molar-refractivity contribution in [3.63, 3.8) is 0 Å². The summed E-state index contributed by atoms with van der Waals surface area (Å²) in [6, 6.07) is 1.33. The van der Waals surface area contributed by atoms with Crippen LogP contribution in [0.3, 0.4) is 0 Å². The number of rotatable bonds is 4. The normalized spacial score (nSPS) is 13.1. The first kappa shape index (κ1) is 24.3. The fraction of sp³-hybridized carbons (Fsp3) is 0.444. The fourth-order valence-corrected chi connectivity index (χ4v) is 2.08. The molecule has 0 aromatic heterocycles. The van der Waals surface area contributed by atoms with E-state index in [-0.39, 0.29) is 18.7 Å². The molecule has 0 saturated heterocycles. The van der Waals surface area contributed by atoms with E-state index in [1.807, 2.05) is 5.32 Å². The van der Waals surface area contributed by atoms with Crippen LogP contribution in [0, 0.1) is 0 Å². The smallest absolute Gasteiger partial charge is 0.417 e. The first-order valence-corrected chi connectivity index (χ1v) is 8.22. The Kier molecular flexibility index (Phi) is 7.33. The van der Waals surface area contributed by atoms with Crippen LogP contribution in [0.5, 0.6) is 0 Å². The summed E-state index contributed by atoms with van der Waals surface area (Å²) in [4.78, 5) is 23.5. The molecule has 29 heavy (non-hydrogen) atoms. The maximum absolute atomic E-state index is 13.5. The quantitative estimate of drug-likeness (QED) is 0.388. The molecule has 0 aliphatic heterocycles. The van der Waals surface area contributed by atoms with E-state index in [1.165, 1.54) is 27.7 Å². The first-order valence-electron chi connectivity index (χ1n) is 8.22. The van der Waals surface area contributed by atoms with Gasteiger partial charge in [-0.25, -0.2) is 9.59 Å². The molecule has 0 unspecified atom stereocenters. The van der Waals surface area contributed by atoms with Gasteiger partial charge >= 0.3 is 24.4 Å². The Morgan fingerprint density at radius 2 is 1.66 bits per heavy atom.